The van der Waals surface area contributed by atoms with E-state index in [9.17, 15) is 9.18 Å². The molecule has 0 atom stereocenters. The maximum absolute atomic E-state index is 12.6. The number of rotatable bonds is 4. The molecule has 0 saturated heterocycles. The van der Waals surface area contributed by atoms with Gasteiger partial charge < -0.3 is 10.1 Å². The Morgan fingerprint density at radius 3 is 2.65 bits per heavy atom. The lowest BCUT2D eigenvalue weighted by Crippen LogP contribution is -2.40. The number of hydrogen-bond donors (Lipinski definition) is 2. The summed E-state index contributed by atoms with van der Waals surface area (Å²) in [5, 5.41) is 5.49. The Labute approximate surface area is 104 Å². The molecule has 1 aromatic carbocycles. The second-order valence-electron chi connectivity index (χ2n) is 3.21. The first-order chi connectivity index (χ1) is 8.13. The molecule has 2 N–H and O–H groups in total. The van der Waals surface area contributed by atoms with Gasteiger partial charge in [0.2, 0.25) is 0 Å². The highest BCUT2D eigenvalue weighted by atomic mass is 32.1. The molecule has 0 heterocycles. The highest BCUT2D eigenvalue weighted by Crippen LogP contribution is 2.02. The number of ether oxygens (including phenoxy) is 1. The van der Waals surface area contributed by atoms with E-state index in [0.717, 1.165) is 0 Å². The van der Waals surface area contributed by atoms with Crippen LogP contribution < -0.4 is 10.6 Å². The number of amides is 1. The second kappa shape index (κ2) is 6.93. The van der Waals surface area contributed by atoms with Gasteiger partial charge in [0.25, 0.3) is 5.91 Å². The fraction of sp³-hybridized carbons (Fsp3) is 0.273. The van der Waals surface area contributed by atoms with E-state index < -0.39 is 0 Å². The van der Waals surface area contributed by atoms with Gasteiger partial charge >= 0.3 is 0 Å². The van der Waals surface area contributed by atoms with Gasteiger partial charge in [0.15, 0.2) is 5.11 Å². The van der Waals surface area contributed by atoms with Crippen molar-refractivity contribution >= 4 is 23.2 Å². The standard InChI is InChI=1S/C11H13FN2O2S/c1-16-7-6-13-11(17)14-10(15)8-2-4-9(12)5-3-8/h2-5H,6-7H2,1H3,(H2,13,14,15,17). The molecule has 0 aliphatic carbocycles. The molecule has 17 heavy (non-hydrogen) atoms. The maximum Gasteiger partial charge on any atom is 0.257 e. The number of carbonyl (C=O) groups excluding carboxylic acids is 1. The van der Waals surface area contributed by atoms with Crippen molar-refractivity contribution in [2.24, 2.45) is 0 Å². The van der Waals surface area contributed by atoms with Gasteiger partial charge in [-0.3, -0.25) is 10.1 Å². The van der Waals surface area contributed by atoms with Crippen molar-refractivity contribution in [1.29, 1.82) is 0 Å². The number of hydrogen-bond acceptors (Lipinski definition) is 3. The van der Waals surface area contributed by atoms with E-state index in [2.05, 4.69) is 10.6 Å². The van der Waals surface area contributed by atoms with Crippen LogP contribution in [0.3, 0.4) is 0 Å². The van der Waals surface area contributed by atoms with Crippen molar-refractivity contribution in [2.75, 3.05) is 20.3 Å². The minimum Gasteiger partial charge on any atom is -0.383 e. The number of thiocarbonyl (C=S) groups is 1. The molecule has 0 bridgehead atoms. The molecule has 0 spiro atoms. The Kier molecular flexibility index (Phi) is 5.51. The van der Waals surface area contributed by atoms with Crippen LogP contribution in [0, 0.1) is 5.82 Å². The van der Waals surface area contributed by atoms with Gasteiger partial charge in [0, 0.05) is 19.2 Å². The Morgan fingerprint density at radius 1 is 1.41 bits per heavy atom. The molecule has 92 valence electrons. The fourth-order valence-corrected chi connectivity index (χ4v) is 1.28. The topological polar surface area (TPSA) is 50.4 Å². The van der Waals surface area contributed by atoms with Crippen LogP contribution in [0.5, 0.6) is 0 Å². The van der Waals surface area contributed by atoms with Crippen LogP contribution in [-0.4, -0.2) is 31.3 Å². The van der Waals surface area contributed by atoms with Crippen molar-refractivity contribution < 1.29 is 13.9 Å². The molecular formula is C11H13FN2O2S. The number of carbonyl (C=O) groups is 1. The maximum atomic E-state index is 12.6. The Hall–Kier alpha value is -1.53. The molecule has 6 heteroatoms. The Balaban J connectivity index is 2.43. The SMILES string of the molecule is COCCNC(=S)NC(=O)c1ccc(F)cc1. The smallest absolute Gasteiger partial charge is 0.257 e. The van der Waals surface area contributed by atoms with Crippen molar-refractivity contribution in [1.82, 2.24) is 10.6 Å². The van der Waals surface area contributed by atoms with Gasteiger partial charge in [0.05, 0.1) is 6.61 Å². The summed E-state index contributed by atoms with van der Waals surface area (Å²) in [5.74, 6) is -0.762. The van der Waals surface area contributed by atoms with Crippen molar-refractivity contribution in [3.63, 3.8) is 0 Å². The highest BCUT2D eigenvalue weighted by molar-refractivity contribution is 7.80. The molecule has 0 fully saturated rings. The van der Waals surface area contributed by atoms with Gasteiger partial charge in [-0.1, -0.05) is 0 Å². The molecule has 0 unspecified atom stereocenters. The third-order valence-electron chi connectivity index (χ3n) is 1.93. The third kappa shape index (κ3) is 4.88. The van der Waals surface area contributed by atoms with E-state index in [1.54, 1.807) is 7.11 Å². The van der Waals surface area contributed by atoms with Gasteiger partial charge in [0.1, 0.15) is 5.82 Å². The second-order valence-corrected chi connectivity index (χ2v) is 3.62. The number of nitrogens with one attached hydrogen (secondary N) is 2. The summed E-state index contributed by atoms with van der Waals surface area (Å²) in [6.45, 7) is 1.01. The summed E-state index contributed by atoms with van der Waals surface area (Å²) in [6.07, 6.45) is 0. The zero-order valence-electron chi connectivity index (χ0n) is 9.33. The van der Waals surface area contributed by atoms with E-state index in [1.165, 1.54) is 24.3 Å². The Bertz CT molecular complexity index is 395. The molecule has 0 aliphatic heterocycles. The van der Waals surface area contributed by atoms with Crippen LogP contribution in [0.2, 0.25) is 0 Å². The van der Waals surface area contributed by atoms with Crippen LogP contribution in [0.4, 0.5) is 4.39 Å². The molecule has 1 rings (SSSR count). The van der Waals surface area contributed by atoms with E-state index in [0.29, 0.717) is 18.7 Å². The quantitative estimate of drug-likeness (QED) is 0.625. The summed E-state index contributed by atoms with van der Waals surface area (Å²) in [7, 11) is 1.57. The zero-order valence-corrected chi connectivity index (χ0v) is 10.1. The average molecular weight is 256 g/mol. The fourth-order valence-electron chi connectivity index (χ4n) is 1.09. The lowest BCUT2D eigenvalue weighted by Gasteiger charge is -2.08. The summed E-state index contributed by atoms with van der Waals surface area (Å²) >= 11 is 4.90. The molecule has 4 nitrogen and oxygen atoms in total. The summed E-state index contributed by atoms with van der Waals surface area (Å²) < 4.78 is 17.5. The minimum absolute atomic E-state index is 0.219. The van der Waals surface area contributed by atoms with Crippen LogP contribution in [-0.2, 0) is 4.74 Å². The van der Waals surface area contributed by atoms with Crippen LogP contribution >= 0.6 is 12.2 Å². The van der Waals surface area contributed by atoms with E-state index in [1.807, 2.05) is 0 Å². The van der Waals surface area contributed by atoms with Crippen LogP contribution in [0.1, 0.15) is 10.4 Å². The number of methoxy groups -OCH3 is 1. The van der Waals surface area contributed by atoms with Crippen LogP contribution in [0.15, 0.2) is 24.3 Å². The monoisotopic (exact) mass is 256 g/mol. The van der Waals surface area contributed by atoms with E-state index in [-0.39, 0.29) is 16.8 Å². The average Bonchev–Trinajstić information content (AvgIpc) is 2.30. The Morgan fingerprint density at radius 2 is 2.06 bits per heavy atom. The summed E-state index contributed by atoms with van der Waals surface area (Å²) in [5.41, 5.74) is 0.349. The number of halogens is 1. The zero-order chi connectivity index (χ0) is 12.7. The van der Waals surface area contributed by atoms with Gasteiger partial charge in [-0.25, -0.2) is 4.39 Å². The molecule has 0 saturated carbocycles. The molecule has 1 amide bonds. The van der Waals surface area contributed by atoms with Crippen molar-refractivity contribution in [3.05, 3.63) is 35.6 Å². The normalized spacial score (nSPS) is 9.76. The van der Waals surface area contributed by atoms with Crippen LogP contribution in [0.25, 0.3) is 0 Å². The summed E-state index contributed by atoms with van der Waals surface area (Å²) in [6, 6.07) is 5.22. The molecule has 0 radical (unpaired) electrons. The molecule has 1 aromatic rings. The van der Waals surface area contributed by atoms with Crippen molar-refractivity contribution in [2.45, 2.75) is 0 Å². The number of benzene rings is 1. The molecule has 0 aromatic heterocycles. The van der Waals surface area contributed by atoms with Gasteiger partial charge in [-0.15, -0.1) is 0 Å². The first-order valence-electron chi connectivity index (χ1n) is 4.97. The summed E-state index contributed by atoms with van der Waals surface area (Å²) in [4.78, 5) is 11.6. The first-order valence-corrected chi connectivity index (χ1v) is 5.38. The predicted molar refractivity (Wildman–Crippen MR) is 66.3 cm³/mol. The first kappa shape index (κ1) is 13.5. The van der Waals surface area contributed by atoms with Crippen molar-refractivity contribution in [3.8, 4) is 0 Å². The van der Waals surface area contributed by atoms with E-state index in [4.69, 9.17) is 17.0 Å². The largest absolute Gasteiger partial charge is 0.383 e. The molecular weight excluding hydrogens is 243 g/mol. The van der Waals surface area contributed by atoms with Gasteiger partial charge in [-0.2, -0.15) is 0 Å². The molecule has 0 aliphatic rings. The third-order valence-corrected chi connectivity index (χ3v) is 2.17. The van der Waals surface area contributed by atoms with Gasteiger partial charge in [-0.05, 0) is 36.5 Å². The lowest BCUT2D eigenvalue weighted by atomic mass is 10.2. The predicted octanol–water partition coefficient (Wildman–Crippen LogP) is 1.08. The lowest BCUT2D eigenvalue weighted by molar-refractivity contribution is 0.0976. The van der Waals surface area contributed by atoms with E-state index >= 15 is 0 Å². The highest BCUT2D eigenvalue weighted by Gasteiger charge is 2.06. The minimum atomic E-state index is -0.387.